The average molecular weight is 651 g/mol. The summed E-state index contributed by atoms with van der Waals surface area (Å²) >= 11 is 1.14. The van der Waals surface area contributed by atoms with E-state index in [1.165, 1.54) is 12.1 Å². The normalized spacial score (nSPS) is 20.3. The molecule has 0 fully saturated rings. The van der Waals surface area contributed by atoms with Crippen LogP contribution in [0, 0.1) is 17.0 Å². The number of fused-ring (bicyclic) bond motifs is 8. The monoisotopic (exact) mass is 650 g/mol. The van der Waals surface area contributed by atoms with E-state index in [-0.39, 0.29) is 29.2 Å². The van der Waals surface area contributed by atoms with Crippen molar-refractivity contribution in [3.63, 3.8) is 0 Å². The van der Waals surface area contributed by atoms with Gasteiger partial charge < -0.3 is 10.1 Å². The molecule has 236 valence electrons. The zero-order chi connectivity index (χ0) is 32.1. The summed E-state index contributed by atoms with van der Waals surface area (Å²) in [5, 5.41) is 15.8. The van der Waals surface area contributed by atoms with E-state index in [9.17, 15) is 13.5 Å². The van der Waals surface area contributed by atoms with Crippen molar-refractivity contribution in [3.05, 3.63) is 89.4 Å². The minimum Gasteiger partial charge on any atom is -0.508 e. The lowest BCUT2D eigenvalue weighted by molar-refractivity contribution is 0.337. The zero-order valence-electron chi connectivity index (χ0n) is 25.7. The third-order valence-electron chi connectivity index (χ3n) is 8.81. The molecule has 3 heterocycles. The Kier molecular flexibility index (Phi) is 8.06. The van der Waals surface area contributed by atoms with E-state index in [4.69, 9.17) is 10.1 Å². The molecule has 0 aliphatic carbocycles. The fourth-order valence-electron chi connectivity index (χ4n) is 6.44. The maximum atomic E-state index is 15.7. The minimum atomic E-state index is -3.51. The second-order valence-electron chi connectivity index (χ2n) is 13.0. The fraction of sp³-hybridized carbons (Fsp3) is 0.353. The molecule has 1 aliphatic heterocycles. The van der Waals surface area contributed by atoms with Crippen LogP contribution >= 0.6 is 11.8 Å². The summed E-state index contributed by atoms with van der Waals surface area (Å²) in [6, 6.07) is 14.7. The van der Waals surface area contributed by atoms with Gasteiger partial charge in [0.1, 0.15) is 17.4 Å². The fourth-order valence-corrected chi connectivity index (χ4v) is 9.48. The Morgan fingerprint density at radius 3 is 2.60 bits per heavy atom. The van der Waals surface area contributed by atoms with Crippen LogP contribution in [0.15, 0.2) is 70.6 Å². The predicted octanol–water partition coefficient (Wildman–Crippen LogP) is 7.57. The number of hydrogen-bond acceptors (Lipinski definition) is 6. The molecule has 5 aromatic rings. The molecule has 2 N–H and O–H groups in total. The van der Waals surface area contributed by atoms with E-state index in [0.717, 1.165) is 22.7 Å². The van der Waals surface area contributed by atoms with Crippen molar-refractivity contribution < 1.29 is 22.3 Å². The first-order valence-electron chi connectivity index (χ1n) is 14.9. The SMILES string of the molecule is Cn1nc2nc1-c1cc(ccc1F)Sc1c(F)cc3[nH]ccc3c1CCS(=O)(=O)CC(C)(C)CCCC2(C)c1cccc(O)c1. The Morgan fingerprint density at radius 2 is 1.82 bits per heavy atom. The molecule has 0 spiro atoms. The van der Waals surface area contributed by atoms with E-state index >= 15 is 8.78 Å². The van der Waals surface area contributed by atoms with Crippen LogP contribution in [0.5, 0.6) is 5.75 Å². The number of aryl methyl sites for hydroxylation is 2. The second kappa shape index (κ2) is 11.6. The van der Waals surface area contributed by atoms with Crippen LogP contribution in [0.25, 0.3) is 22.3 Å². The summed E-state index contributed by atoms with van der Waals surface area (Å²) in [4.78, 5) is 8.79. The van der Waals surface area contributed by atoms with Crippen LogP contribution in [0.3, 0.4) is 0 Å². The van der Waals surface area contributed by atoms with Crippen LogP contribution in [0.2, 0.25) is 0 Å². The van der Waals surface area contributed by atoms with E-state index in [1.54, 1.807) is 48.3 Å². The molecule has 1 aliphatic rings. The maximum absolute atomic E-state index is 15.7. The first-order valence-corrected chi connectivity index (χ1v) is 17.6. The molecular weight excluding hydrogens is 615 g/mol. The van der Waals surface area contributed by atoms with Gasteiger partial charge in [-0.1, -0.05) is 44.2 Å². The second-order valence-corrected chi connectivity index (χ2v) is 16.2. The highest BCUT2D eigenvalue weighted by Crippen LogP contribution is 2.42. The van der Waals surface area contributed by atoms with Gasteiger partial charge >= 0.3 is 0 Å². The van der Waals surface area contributed by atoms with E-state index in [1.807, 2.05) is 32.9 Å². The molecule has 11 heteroatoms. The number of aromatic nitrogens is 4. The summed E-state index contributed by atoms with van der Waals surface area (Å²) in [5.41, 5.74) is 0.917. The van der Waals surface area contributed by atoms with Crippen molar-refractivity contribution in [1.29, 1.82) is 0 Å². The Morgan fingerprint density at radius 1 is 1.02 bits per heavy atom. The number of H-pyrrole nitrogens is 1. The topological polar surface area (TPSA) is 101 Å². The number of aromatic amines is 1. The summed E-state index contributed by atoms with van der Waals surface area (Å²) in [6.45, 7) is 5.90. The van der Waals surface area contributed by atoms with Crippen molar-refractivity contribution in [1.82, 2.24) is 19.7 Å². The van der Waals surface area contributed by atoms with E-state index in [0.29, 0.717) is 51.8 Å². The predicted molar refractivity (Wildman–Crippen MR) is 173 cm³/mol. The molecule has 4 bridgehead atoms. The molecule has 3 aromatic carbocycles. The number of phenolic OH excluding ortho intramolecular Hbond substituents is 1. The minimum absolute atomic E-state index is 0.00970. The number of nitrogens with one attached hydrogen (secondary N) is 1. The first kappa shape index (κ1) is 31.3. The molecule has 0 radical (unpaired) electrons. The summed E-state index contributed by atoms with van der Waals surface area (Å²) < 4.78 is 59.8. The van der Waals surface area contributed by atoms with Crippen molar-refractivity contribution >= 4 is 32.5 Å². The van der Waals surface area contributed by atoms with Crippen molar-refractivity contribution in [2.24, 2.45) is 12.5 Å². The Bertz CT molecular complexity index is 2020. The molecule has 1 unspecified atom stereocenters. The highest BCUT2D eigenvalue weighted by atomic mass is 32.2. The van der Waals surface area contributed by atoms with Gasteiger partial charge in [-0.25, -0.2) is 26.9 Å². The van der Waals surface area contributed by atoms with E-state index in [2.05, 4.69) is 4.98 Å². The van der Waals surface area contributed by atoms with Gasteiger partial charge in [0.05, 0.1) is 27.4 Å². The Labute approximate surface area is 266 Å². The molecule has 45 heavy (non-hydrogen) atoms. The van der Waals surface area contributed by atoms with Crippen LogP contribution in [-0.4, -0.2) is 44.8 Å². The van der Waals surface area contributed by atoms with Gasteiger partial charge in [-0.2, -0.15) is 5.10 Å². The molecular formula is C34H36F2N4O3S2. The molecule has 1 atom stereocenters. The lowest BCUT2D eigenvalue weighted by atomic mass is 9.75. The number of phenols is 1. The van der Waals surface area contributed by atoms with Crippen LogP contribution in [0.4, 0.5) is 8.78 Å². The number of sulfone groups is 1. The number of rotatable bonds is 1. The molecule has 0 saturated heterocycles. The van der Waals surface area contributed by atoms with Gasteiger partial charge in [0.15, 0.2) is 21.5 Å². The zero-order valence-corrected chi connectivity index (χ0v) is 27.3. The number of nitrogens with zero attached hydrogens (tertiary/aromatic N) is 3. The lowest BCUT2D eigenvalue weighted by Gasteiger charge is -2.30. The van der Waals surface area contributed by atoms with Crippen LogP contribution < -0.4 is 0 Å². The maximum Gasteiger partial charge on any atom is 0.161 e. The third kappa shape index (κ3) is 6.24. The molecule has 0 saturated carbocycles. The third-order valence-corrected chi connectivity index (χ3v) is 12.0. The molecule has 7 nitrogen and oxygen atoms in total. The highest BCUT2D eigenvalue weighted by Gasteiger charge is 2.36. The first-order chi connectivity index (χ1) is 21.2. The lowest BCUT2D eigenvalue weighted by Crippen LogP contribution is -2.29. The van der Waals surface area contributed by atoms with Gasteiger partial charge in [0.2, 0.25) is 0 Å². The van der Waals surface area contributed by atoms with Crippen LogP contribution in [0.1, 0.15) is 57.0 Å². The molecule has 6 rings (SSSR count). The largest absolute Gasteiger partial charge is 0.508 e. The smallest absolute Gasteiger partial charge is 0.161 e. The van der Waals surface area contributed by atoms with Gasteiger partial charge in [0, 0.05) is 29.0 Å². The van der Waals surface area contributed by atoms with Gasteiger partial charge in [-0.15, -0.1) is 0 Å². The Hall–Kier alpha value is -3.70. The molecule has 0 amide bonds. The van der Waals surface area contributed by atoms with Crippen molar-refractivity contribution in [3.8, 4) is 17.1 Å². The standard InChI is InChI=1S/C34H36F2N4O3S2/c1-33(2)13-6-14-34(3,21-7-5-8-22(41)17-21)32-38-31(40(4)39-32)26-18-23(9-10-27(26)35)44-30-25(12-16-45(42,43)20-33)24-11-15-37-29(24)19-28(30)36/h5,7-11,15,17-19,37,41H,6,12-14,16,20H2,1-4H3. The van der Waals surface area contributed by atoms with Gasteiger partial charge in [0.25, 0.3) is 0 Å². The average Bonchev–Trinajstić information content (AvgIpc) is 3.59. The highest BCUT2D eigenvalue weighted by molar-refractivity contribution is 7.99. The summed E-state index contributed by atoms with van der Waals surface area (Å²) in [5.74, 6) is -0.218. The molecule has 2 aromatic heterocycles. The van der Waals surface area contributed by atoms with Crippen molar-refractivity contribution in [2.75, 3.05) is 11.5 Å². The van der Waals surface area contributed by atoms with Gasteiger partial charge in [-0.3, -0.25) is 0 Å². The van der Waals surface area contributed by atoms with Crippen molar-refractivity contribution in [2.45, 2.75) is 61.7 Å². The summed E-state index contributed by atoms with van der Waals surface area (Å²) in [7, 11) is -1.80. The number of halogens is 2. The number of benzene rings is 3. The number of aromatic hydroxyl groups is 1. The quantitative estimate of drug-likeness (QED) is 0.194. The Balaban J connectivity index is 1.53. The van der Waals surface area contributed by atoms with Crippen LogP contribution in [-0.2, 0) is 28.7 Å². The number of hydrogen-bond donors (Lipinski definition) is 2. The van der Waals surface area contributed by atoms with E-state index < -0.39 is 32.3 Å². The summed E-state index contributed by atoms with van der Waals surface area (Å²) in [6.07, 6.45) is 3.69. The van der Waals surface area contributed by atoms with Gasteiger partial charge in [-0.05, 0) is 85.2 Å².